The van der Waals surface area contributed by atoms with Gasteiger partial charge in [-0.15, -0.1) is 0 Å². The molecule has 0 unspecified atom stereocenters. The minimum absolute atomic E-state index is 0.218. The van der Waals surface area contributed by atoms with Gasteiger partial charge in [0.05, 0.1) is 25.5 Å². The third-order valence-electron chi connectivity index (χ3n) is 5.19. The number of nitrogens with one attached hydrogen (secondary N) is 1. The number of carbonyl (C=O) groups excluding carboxylic acids is 1. The Kier molecular flexibility index (Phi) is 6.87. The smallest absolute Gasteiger partial charge is 0.268 e. The van der Waals surface area contributed by atoms with Crippen molar-refractivity contribution in [1.82, 2.24) is 9.88 Å². The number of halogens is 2. The van der Waals surface area contributed by atoms with E-state index >= 15 is 0 Å². The maximum Gasteiger partial charge on any atom is 0.268 e. The van der Waals surface area contributed by atoms with Crippen molar-refractivity contribution in [3.05, 3.63) is 52.3 Å². The number of amides is 1. The second-order valence-corrected chi connectivity index (χ2v) is 7.09. The van der Waals surface area contributed by atoms with Crippen LogP contribution in [0.3, 0.4) is 0 Å². The molecule has 0 aliphatic carbocycles. The Morgan fingerprint density at radius 3 is 2.59 bits per heavy atom. The molecular weight excluding hydrogens is 380 g/mol. The number of nitrogens with zero attached hydrogens (tertiary/aromatic N) is 2. The van der Waals surface area contributed by atoms with E-state index in [9.17, 15) is 13.6 Å². The number of hydrogen-bond acceptors (Lipinski definition) is 4. The van der Waals surface area contributed by atoms with Crippen LogP contribution in [0.1, 0.15) is 27.3 Å². The van der Waals surface area contributed by atoms with Crippen LogP contribution >= 0.6 is 0 Å². The number of carbonyl (C=O) groups is 1. The summed E-state index contributed by atoms with van der Waals surface area (Å²) in [5.41, 5.74) is 3.87. The molecule has 158 valence electrons. The number of hydrogen-bond donors (Lipinski definition) is 1. The van der Waals surface area contributed by atoms with Crippen LogP contribution in [0.2, 0.25) is 0 Å². The van der Waals surface area contributed by atoms with E-state index in [2.05, 4.69) is 10.2 Å². The van der Waals surface area contributed by atoms with Gasteiger partial charge in [0, 0.05) is 44.5 Å². The average molecular weight is 407 g/mol. The zero-order valence-corrected chi connectivity index (χ0v) is 17.1. The van der Waals surface area contributed by atoms with E-state index in [1.165, 1.54) is 12.1 Å². The summed E-state index contributed by atoms with van der Waals surface area (Å²) >= 11 is 0. The molecule has 0 spiro atoms. The molecule has 3 rings (SSSR count). The van der Waals surface area contributed by atoms with Gasteiger partial charge in [-0.1, -0.05) is 6.07 Å². The average Bonchev–Trinajstić information content (AvgIpc) is 2.95. The van der Waals surface area contributed by atoms with Crippen LogP contribution in [-0.4, -0.2) is 57.0 Å². The highest BCUT2D eigenvalue weighted by Crippen LogP contribution is 2.32. The van der Waals surface area contributed by atoms with Crippen molar-refractivity contribution in [2.45, 2.75) is 20.4 Å². The van der Waals surface area contributed by atoms with Gasteiger partial charge in [0.2, 0.25) is 0 Å². The van der Waals surface area contributed by atoms with Crippen LogP contribution in [0.5, 0.6) is 0 Å². The molecule has 6 nitrogen and oxygen atoms in total. The minimum atomic E-state index is -0.900. The van der Waals surface area contributed by atoms with Gasteiger partial charge in [-0.25, -0.2) is 8.78 Å². The van der Waals surface area contributed by atoms with Crippen molar-refractivity contribution >= 4 is 11.6 Å². The second kappa shape index (κ2) is 9.37. The summed E-state index contributed by atoms with van der Waals surface area (Å²) < 4.78 is 39.4. The first kappa shape index (κ1) is 21.3. The molecule has 2 aromatic rings. The van der Waals surface area contributed by atoms with Crippen molar-refractivity contribution < 1.29 is 23.0 Å². The number of rotatable bonds is 7. The lowest BCUT2D eigenvalue weighted by molar-refractivity contribution is 0.0927. The Hall–Kier alpha value is -2.45. The van der Waals surface area contributed by atoms with Gasteiger partial charge in [0.15, 0.2) is 11.6 Å². The van der Waals surface area contributed by atoms with Gasteiger partial charge in [0.25, 0.3) is 5.91 Å². The van der Waals surface area contributed by atoms with Crippen molar-refractivity contribution in [1.29, 1.82) is 0 Å². The third kappa shape index (κ3) is 4.59. The zero-order chi connectivity index (χ0) is 21.0. The molecule has 1 aromatic heterocycles. The summed E-state index contributed by atoms with van der Waals surface area (Å²) in [6.45, 7) is 7.66. The van der Waals surface area contributed by atoms with E-state index < -0.39 is 11.6 Å². The molecule has 0 bridgehead atoms. The first-order valence-electron chi connectivity index (χ1n) is 9.67. The van der Waals surface area contributed by atoms with Crippen LogP contribution in [0.4, 0.5) is 14.5 Å². The Morgan fingerprint density at radius 2 is 1.93 bits per heavy atom. The lowest BCUT2D eigenvalue weighted by atomic mass is 10.2. The number of anilines is 1. The molecule has 1 saturated heterocycles. The number of ether oxygens (including phenoxy) is 2. The fourth-order valence-electron chi connectivity index (χ4n) is 3.80. The predicted octanol–water partition coefficient (Wildman–Crippen LogP) is 2.64. The topological polar surface area (TPSA) is 55.7 Å². The number of benzene rings is 1. The minimum Gasteiger partial charge on any atom is -0.383 e. The van der Waals surface area contributed by atoms with Crippen molar-refractivity contribution in [2.75, 3.05) is 51.5 Å². The molecule has 1 fully saturated rings. The number of methoxy groups -OCH3 is 1. The van der Waals surface area contributed by atoms with Crippen molar-refractivity contribution in [3.8, 4) is 0 Å². The maximum atomic E-state index is 13.7. The van der Waals surface area contributed by atoms with E-state index in [-0.39, 0.29) is 12.5 Å². The quantitative estimate of drug-likeness (QED) is 0.717. The van der Waals surface area contributed by atoms with Crippen molar-refractivity contribution in [2.24, 2.45) is 0 Å². The molecule has 1 aliphatic heterocycles. The molecule has 1 amide bonds. The summed E-state index contributed by atoms with van der Waals surface area (Å²) in [5.74, 6) is -2.01. The fourth-order valence-corrected chi connectivity index (χ4v) is 3.80. The van der Waals surface area contributed by atoms with Gasteiger partial charge in [-0.05, 0) is 31.5 Å². The molecule has 0 saturated carbocycles. The highest BCUT2D eigenvalue weighted by Gasteiger charge is 2.27. The summed E-state index contributed by atoms with van der Waals surface area (Å²) in [5, 5.41) is 2.87. The van der Waals surface area contributed by atoms with Crippen LogP contribution in [-0.2, 0) is 16.0 Å². The summed E-state index contributed by atoms with van der Waals surface area (Å²) in [6.07, 6.45) is 0. The monoisotopic (exact) mass is 407 g/mol. The largest absolute Gasteiger partial charge is 0.383 e. The van der Waals surface area contributed by atoms with Crippen LogP contribution in [0.15, 0.2) is 18.2 Å². The van der Waals surface area contributed by atoms with E-state index in [0.29, 0.717) is 37.6 Å². The Morgan fingerprint density at radius 1 is 1.21 bits per heavy atom. The van der Waals surface area contributed by atoms with E-state index in [0.717, 1.165) is 36.1 Å². The summed E-state index contributed by atoms with van der Waals surface area (Å²) in [7, 11) is 1.57. The first-order valence-corrected chi connectivity index (χ1v) is 9.67. The van der Waals surface area contributed by atoms with Crippen LogP contribution in [0.25, 0.3) is 0 Å². The molecule has 8 heteroatoms. The summed E-state index contributed by atoms with van der Waals surface area (Å²) in [4.78, 5) is 15.2. The van der Waals surface area contributed by atoms with Gasteiger partial charge in [0.1, 0.15) is 5.69 Å². The Balaban J connectivity index is 2.00. The third-order valence-corrected chi connectivity index (χ3v) is 5.19. The molecular formula is C21H27F2N3O3. The number of morpholine rings is 1. The van der Waals surface area contributed by atoms with Crippen LogP contribution < -0.4 is 10.2 Å². The van der Waals surface area contributed by atoms with E-state index in [4.69, 9.17) is 9.47 Å². The predicted molar refractivity (Wildman–Crippen MR) is 107 cm³/mol. The Labute approximate surface area is 169 Å². The molecule has 1 aliphatic rings. The molecule has 0 atom stereocenters. The summed E-state index contributed by atoms with van der Waals surface area (Å²) in [6, 6.07) is 3.82. The highest BCUT2D eigenvalue weighted by molar-refractivity contribution is 5.96. The first-order chi connectivity index (χ1) is 13.9. The van der Waals surface area contributed by atoms with Gasteiger partial charge >= 0.3 is 0 Å². The molecule has 1 aromatic carbocycles. The van der Waals surface area contributed by atoms with Crippen LogP contribution in [0, 0.1) is 25.5 Å². The maximum absolute atomic E-state index is 13.7. The van der Waals surface area contributed by atoms with Gasteiger partial charge < -0.3 is 24.3 Å². The number of aromatic nitrogens is 1. The second-order valence-electron chi connectivity index (χ2n) is 7.09. The molecule has 2 heterocycles. The van der Waals surface area contributed by atoms with E-state index in [1.54, 1.807) is 7.11 Å². The lowest BCUT2D eigenvalue weighted by Crippen LogP contribution is -2.36. The fraction of sp³-hybridized carbons (Fsp3) is 0.476. The molecule has 0 radical (unpaired) electrons. The van der Waals surface area contributed by atoms with Crippen molar-refractivity contribution in [3.63, 3.8) is 0 Å². The van der Waals surface area contributed by atoms with E-state index in [1.807, 2.05) is 18.4 Å². The normalized spacial score (nSPS) is 14.3. The molecule has 29 heavy (non-hydrogen) atoms. The van der Waals surface area contributed by atoms with Gasteiger partial charge in [-0.3, -0.25) is 4.79 Å². The lowest BCUT2D eigenvalue weighted by Gasteiger charge is -2.29. The standard InChI is InChI=1S/C21H27F2N3O3/c1-14-19(25-7-10-29-11-8-25)15(2)26(20(14)21(27)24-6-9-28-3)13-16-4-5-17(22)18(23)12-16/h4-5,12H,6-11,13H2,1-3H3,(H,24,27). The van der Waals surface area contributed by atoms with Gasteiger partial charge in [-0.2, -0.15) is 0 Å². The highest BCUT2D eigenvalue weighted by atomic mass is 19.2. The Bertz CT molecular complexity index is 877. The molecule has 1 N–H and O–H groups in total. The zero-order valence-electron chi connectivity index (χ0n) is 17.1. The SMILES string of the molecule is COCCNC(=O)c1c(C)c(N2CCOCC2)c(C)n1Cc1ccc(F)c(F)c1.